The summed E-state index contributed by atoms with van der Waals surface area (Å²) in [7, 11) is -4.59. The summed E-state index contributed by atoms with van der Waals surface area (Å²) in [6, 6.07) is 22.4. The minimum Gasteiger partial charge on any atom is -0.468 e. The zero-order chi connectivity index (χ0) is 49.9. The summed E-state index contributed by atoms with van der Waals surface area (Å²) < 4.78 is 43.1. The largest absolute Gasteiger partial charge is 0.468 e. The number of fused-ring (bicyclic) bond motifs is 3. The van der Waals surface area contributed by atoms with Crippen molar-refractivity contribution < 1.29 is 32.7 Å². The fraction of sp³-hybridized carbons (Fsp3) is 0.527. The van der Waals surface area contributed by atoms with Crippen LogP contribution >= 0.6 is 0 Å². The quantitative estimate of drug-likeness (QED) is 0.0682. The number of nitro groups is 1. The lowest BCUT2D eigenvalue weighted by Crippen LogP contribution is -2.58. The zero-order valence-electron chi connectivity index (χ0n) is 41.6. The highest BCUT2D eigenvalue weighted by molar-refractivity contribution is 7.90. The molecule has 4 aliphatic heterocycles. The Hall–Kier alpha value is -5.75. The second-order valence-electron chi connectivity index (χ2n) is 22.2. The van der Waals surface area contributed by atoms with Gasteiger partial charge in [0.05, 0.1) is 39.3 Å². The van der Waals surface area contributed by atoms with Crippen molar-refractivity contribution in [3.8, 4) is 5.88 Å². The predicted octanol–water partition coefficient (Wildman–Crippen LogP) is 9.73. The van der Waals surface area contributed by atoms with E-state index in [-0.39, 0.29) is 39.3 Å². The van der Waals surface area contributed by atoms with Gasteiger partial charge >= 0.3 is 0 Å². The molecule has 17 heteroatoms. The van der Waals surface area contributed by atoms with E-state index in [2.05, 4.69) is 67.8 Å². The van der Waals surface area contributed by atoms with Crippen LogP contribution in [0.15, 0.2) is 83.9 Å². The molecule has 382 valence electrons. The van der Waals surface area contributed by atoms with Crippen LogP contribution in [0.3, 0.4) is 0 Å². The van der Waals surface area contributed by atoms with Crippen molar-refractivity contribution in [3.05, 3.63) is 106 Å². The number of nitrogens with zero attached hydrogens (tertiary/aromatic N) is 5. The van der Waals surface area contributed by atoms with Gasteiger partial charge in [0.1, 0.15) is 23.1 Å². The first-order valence-corrected chi connectivity index (χ1v) is 27.7. The van der Waals surface area contributed by atoms with Crippen molar-refractivity contribution in [2.75, 3.05) is 54.5 Å². The van der Waals surface area contributed by atoms with Crippen LogP contribution in [0.4, 0.5) is 28.4 Å². The number of piperidine rings is 2. The molecule has 3 saturated heterocycles. The molecule has 2 aromatic heterocycles. The monoisotopic (exact) mass is 1000 g/mol. The number of amides is 1. The zero-order valence-corrected chi connectivity index (χ0v) is 42.5. The molecule has 5 fully saturated rings. The topological polar surface area (TPSA) is 196 Å². The Morgan fingerprint density at radius 2 is 1.75 bits per heavy atom. The number of rotatable bonds is 12. The average Bonchev–Trinajstić information content (AvgIpc) is 3.83. The van der Waals surface area contributed by atoms with E-state index in [4.69, 9.17) is 14.5 Å². The number of aliphatic hydroxyl groups is 1. The van der Waals surface area contributed by atoms with Gasteiger partial charge in [-0.2, -0.15) is 4.98 Å². The number of pyridine rings is 1. The molecule has 4 N–H and O–H groups in total. The number of hydrogen-bond acceptors (Lipinski definition) is 13. The smallest absolute Gasteiger partial charge is 0.293 e. The number of anilines is 4. The van der Waals surface area contributed by atoms with Crippen LogP contribution in [0.2, 0.25) is 0 Å². The maximum atomic E-state index is 14.7. The molecule has 2 aliphatic carbocycles. The summed E-state index contributed by atoms with van der Waals surface area (Å²) in [5.74, 6) is 0.287. The van der Waals surface area contributed by atoms with Crippen LogP contribution in [0, 0.1) is 21.4 Å². The van der Waals surface area contributed by atoms with Gasteiger partial charge in [-0.1, -0.05) is 57.4 Å². The van der Waals surface area contributed by atoms with Crippen molar-refractivity contribution in [1.82, 2.24) is 19.6 Å². The van der Waals surface area contributed by atoms with Gasteiger partial charge in [0.25, 0.3) is 21.6 Å². The lowest BCUT2D eigenvalue weighted by Gasteiger charge is -2.58. The lowest BCUT2D eigenvalue weighted by molar-refractivity contribution is -0.384. The number of aromatic nitrogens is 2. The van der Waals surface area contributed by atoms with E-state index in [1.807, 2.05) is 37.4 Å². The van der Waals surface area contributed by atoms with Gasteiger partial charge < -0.3 is 34.7 Å². The molecule has 2 saturated carbocycles. The summed E-state index contributed by atoms with van der Waals surface area (Å²) in [5.41, 5.74) is 4.91. The molecule has 11 rings (SSSR count). The van der Waals surface area contributed by atoms with Crippen LogP contribution < -0.4 is 24.6 Å². The fourth-order valence-corrected chi connectivity index (χ4v) is 14.0. The van der Waals surface area contributed by atoms with Crippen LogP contribution in [-0.4, -0.2) is 102 Å². The second-order valence-corrected chi connectivity index (χ2v) is 23.9. The maximum Gasteiger partial charge on any atom is 0.293 e. The van der Waals surface area contributed by atoms with Gasteiger partial charge in [-0.3, -0.25) is 19.8 Å². The van der Waals surface area contributed by atoms with Gasteiger partial charge in [-0.25, -0.2) is 13.1 Å². The molecule has 4 atom stereocenters. The molecule has 5 aromatic rings. The Balaban J connectivity index is 0.873. The van der Waals surface area contributed by atoms with Crippen molar-refractivity contribution in [1.29, 1.82) is 0 Å². The average molecular weight is 1000 g/mol. The number of carbonyl (C=O) groups excluding carboxylic acids is 1. The number of sulfonamides is 1. The second kappa shape index (κ2) is 19.3. The molecule has 6 aliphatic rings. The molecule has 0 unspecified atom stereocenters. The molecule has 16 nitrogen and oxygen atoms in total. The number of aromatic amines is 1. The van der Waals surface area contributed by atoms with Crippen molar-refractivity contribution in [2.24, 2.45) is 11.3 Å². The highest BCUT2D eigenvalue weighted by atomic mass is 32.2. The standard InChI is InChI=1S/C55H68N8O8S/c1-35(2)41-11-7-8-12-42(41)49-32-54(3,65)19-25-61(49)39-30-55(31-39)20-23-60(24-21-55)38-13-15-43(46(28-38)62-45-18-26-70-34-50(45)71-53-48(62)27-37-17-22-56-51(37)58-53)52(64)59-72(68,69)40-14-16-44(47(29-40)63(66)67)57-33-36-9-5-4-6-10-36/h7-8,11-17,22,27-29,35-36,39,45,49-50,57,65H,4-6,9-10,18-21,23-26,30-34H2,1-3H3,(H,56,58)(H,59,64)/t45-,49-,50-,54-/m0/s1. The minimum absolute atomic E-state index is 0.124. The third-order valence-corrected chi connectivity index (χ3v) is 18.3. The minimum atomic E-state index is -4.59. The molecule has 3 aromatic carbocycles. The first kappa shape index (κ1) is 48.5. The Kier molecular flexibility index (Phi) is 13.0. The van der Waals surface area contributed by atoms with E-state index in [0.29, 0.717) is 67.0 Å². The molecular formula is C55H68N8O8S. The number of nitro benzene ring substituents is 1. The van der Waals surface area contributed by atoms with Crippen LogP contribution in [0.1, 0.15) is 131 Å². The third kappa shape index (κ3) is 9.41. The van der Waals surface area contributed by atoms with Crippen LogP contribution in [0.25, 0.3) is 11.0 Å². The molecular weight excluding hydrogens is 933 g/mol. The fourth-order valence-electron chi connectivity index (χ4n) is 13.0. The summed E-state index contributed by atoms with van der Waals surface area (Å²) in [6.07, 6.45) is 13.2. The number of benzene rings is 3. The first-order chi connectivity index (χ1) is 34.6. The number of hydrogen-bond donors (Lipinski definition) is 4. The van der Waals surface area contributed by atoms with E-state index in [9.17, 15) is 28.4 Å². The summed E-state index contributed by atoms with van der Waals surface area (Å²) in [4.78, 5) is 41.3. The normalized spacial score (nSPS) is 24.9. The maximum absolute atomic E-state index is 14.7. The molecule has 0 radical (unpaired) electrons. The molecule has 72 heavy (non-hydrogen) atoms. The summed E-state index contributed by atoms with van der Waals surface area (Å²) in [5, 5.41) is 27.7. The number of nitrogens with one attached hydrogen (secondary N) is 3. The highest BCUT2D eigenvalue weighted by Gasteiger charge is 2.51. The number of carbonyl (C=O) groups is 1. The molecule has 1 spiro atoms. The Labute approximate surface area is 422 Å². The lowest BCUT2D eigenvalue weighted by atomic mass is 9.59. The number of ether oxygens (including phenoxy) is 2. The molecule has 1 amide bonds. The van der Waals surface area contributed by atoms with Gasteiger partial charge in [-0.15, -0.1) is 0 Å². The Morgan fingerprint density at radius 3 is 2.53 bits per heavy atom. The van der Waals surface area contributed by atoms with Crippen LogP contribution in [-0.2, 0) is 14.8 Å². The first-order valence-electron chi connectivity index (χ1n) is 26.2. The van der Waals surface area contributed by atoms with Crippen molar-refractivity contribution in [2.45, 2.75) is 138 Å². The van der Waals surface area contributed by atoms with Gasteiger partial charge in [0, 0.05) is 68.2 Å². The van der Waals surface area contributed by atoms with E-state index in [1.165, 1.54) is 29.7 Å². The van der Waals surface area contributed by atoms with E-state index < -0.39 is 32.6 Å². The van der Waals surface area contributed by atoms with E-state index >= 15 is 0 Å². The van der Waals surface area contributed by atoms with Gasteiger partial charge in [0.2, 0.25) is 5.88 Å². The van der Waals surface area contributed by atoms with Crippen LogP contribution in [0.5, 0.6) is 5.88 Å². The Morgan fingerprint density at radius 1 is 0.958 bits per heavy atom. The highest BCUT2D eigenvalue weighted by Crippen LogP contribution is 2.55. The Bertz CT molecular complexity index is 2960. The van der Waals surface area contributed by atoms with Gasteiger partial charge in [0.15, 0.2) is 0 Å². The number of likely N-dealkylation sites (tertiary alicyclic amines) is 1. The number of H-pyrrole nitrogens is 1. The SMILES string of the molecule is CC(C)c1ccccc1[C@@H]1C[C@@](C)(O)CCN1C1CC2(CCN(c3ccc(C(=O)NS(=O)(=O)c4ccc(NCC5CCCCC5)c([N+](=O)[O-])c4)c(N4c5cc6cc[nH]c6nc5O[C@H]5COCC[C@@H]54)c3)CC2)C1. The molecule has 0 bridgehead atoms. The van der Waals surface area contributed by atoms with Gasteiger partial charge in [-0.05, 0) is 136 Å². The summed E-state index contributed by atoms with van der Waals surface area (Å²) in [6.45, 7) is 10.3. The molecule has 6 heterocycles. The predicted molar refractivity (Wildman–Crippen MR) is 278 cm³/mol. The van der Waals surface area contributed by atoms with Crippen molar-refractivity contribution >= 4 is 55.4 Å². The third-order valence-electron chi connectivity index (χ3n) is 17.0. The van der Waals surface area contributed by atoms with E-state index in [1.54, 1.807) is 6.07 Å². The van der Waals surface area contributed by atoms with Crippen molar-refractivity contribution in [3.63, 3.8) is 0 Å². The van der Waals surface area contributed by atoms with E-state index in [0.717, 1.165) is 101 Å². The summed E-state index contributed by atoms with van der Waals surface area (Å²) >= 11 is 0.